The van der Waals surface area contributed by atoms with Crippen molar-refractivity contribution in [3.8, 4) is 0 Å². The SMILES string of the molecule is CC[C@H]1CC[C@H]2[C@@H]3CCC4CCCC[C@]4(C)[C@H]3CC[C@]12C. The fourth-order valence-corrected chi connectivity index (χ4v) is 8.07. The molecule has 4 fully saturated rings. The van der Waals surface area contributed by atoms with Gasteiger partial charge < -0.3 is 0 Å². The maximum absolute atomic E-state index is 2.71. The van der Waals surface area contributed by atoms with Crippen LogP contribution in [0.15, 0.2) is 0 Å². The largest absolute Gasteiger partial charge is 0.0651 e. The van der Waals surface area contributed by atoms with E-state index in [9.17, 15) is 0 Å². The minimum absolute atomic E-state index is 0.716. The van der Waals surface area contributed by atoms with Crippen molar-refractivity contribution in [1.82, 2.24) is 0 Å². The van der Waals surface area contributed by atoms with Crippen molar-refractivity contribution < 1.29 is 0 Å². The van der Waals surface area contributed by atoms with Gasteiger partial charge >= 0.3 is 0 Å². The first-order valence-corrected chi connectivity index (χ1v) is 10.1. The molecule has 7 atom stereocenters. The molecular formula is C21H36. The molecule has 0 amide bonds. The lowest BCUT2D eigenvalue weighted by Gasteiger charge is -2.60. The van der Waals surface area contributed by atoms with Crippen LogP contribution in [0, 0.1) is 40.4 Å². The molecule has 1 unspecified atom stereocenters. The monoisotopic (exact) mass is 288 g/mol. The van der Waals surface area contributed by atoms with Crippen molar-refractivity contribution in [1.29, 1.82) is 0 Å². The van der Waals surface area contributed by atoms with Gasteiger partial charge in [-0.15, -0.1) is 0 Å². The van der Waals surface area contributed by atoms with Gasteiger partial charge in [-0.25, -0.2) is 0 Å². The highest BCUT2D eigenvalue weighted by Gasteiger charge is 2.59. The molecule has 0 aromatic carbocycles. The maximum atomic E-state index is 2.71. The minimum Gasteiger partial charge on any atom is -0.0651 e. The van der Waals surface area contributed by atoms with E-state index < -0.39 is 0 Å². The van der Waals surface area contributed by atoms with Crippen LogP contribution in [0.1, 0.15) is 91.4 Å². The summed E-state index contributed by atoms with van der Waals surface area (Å²) in [5, 5.41) is 0. The standard InChI is InChI=1S/C21H36/c1-4-15-9-11-18-17-10-8-16-7-5-6-13-20(16,2)19(17)12-14-21(15,18)3/h15-19H,4-14H2,1-3H3/t15-,16?,17-,18-,19-,20-,21+/m0/s1. The average Bonchev–Trinajstić information content (AvgIpc) is 2.83. The van der Waals surface area contributed by atoms with Crippen LogP contribution in [0.4, 0.5) is 0 Å². The van der Waals surface area contributed by atoms with Gasteiger partial charge in [-0.2, -0.15) is 0 Å². The quantitative estimate of drug-likeness (QED) is 0.520. The number of hydrogen-bond acceptors (Lipinski definition) is 0. The molecule has 0 spiro atoms. The summed E-state index contributed by atoms with van der Waals surface area (Å²) in [6.45, 7) is 7.84. The molecule has 4 rings (SSSR count). The molecule has 0 heterocycles. The lowest BCUT2D eigenvalue weighted by molar-refractivity contribution is -0.110. The summed E-state index contributed by atoms with van der Waals surface area (Å²) >= 11 is 0. The van der Waals surface area contributed by atoms with E-state index in [1.807, 2.05) is 0 Å². The zero-order valence-corrected chi connectivity index (χ0v) is 14.7. The molecule has 0 aromatic heterocycles. The number of rotatable bonds is 1. The summed E-state index contributed by atoms with van der Waals surface area (Å²) < 4.78 is 0. The highest BCUT2D eigenvalue weighted by atomic mass is 14.6. The van der Waals surface area contributed by atoms with E-state index in [1.165, 1.54) is 19.3 Å². The van der Waals surface area contributed by atoms with Crippen molar-refractivity contribution >= 4 is 0 Å². The lowest BCUT2D eigenvalue weighted by atomic mass is 9.45. The molecule has 21 heavy (non-hydrogen) atoms. The van der Waals surface area contributed by atoms with Crippen LogP contribution in [0.25, 0.3) is 0 Å². The van der Waals surface area contributed by atoms with Gasteiger partial charge in [0, 0.05) is 0 Å². The Labute approximate surface area is 132 Å². The zero-order valence-electron chi connectivity index (χ0n) is 14.7. The summed E-state index contributed by atoms with van der Waals surface area (Å²) in [6, 6.07) is 0. The summed E-state index contributed by atoms with van der Waals surface area (Å²) in [5.41, 5.74) is 1.45. The molecular weight excluding hydrogens is 252 g/mol. The van der Waals surface area contributed by atoms with Gasteiger partial charge in [0.25, 0.3) is 0 Å². The van der Waals surface area contributed by atoms with Crippen LogP contribution in [-0.2, 0) is 0 Å². The van der Waals surface area contributed by atoms with Crippen molar-refractivity contribution in [2.45, 2.75) is 91.4 Å². The first-order valence-electron chi connectivity index (χ1n) is 10.1. The van der Waals surface area contributed by atoms with Gasteiger partial charge in [-0.1, -0.05) is 40.0 Å². The van der Waals surface area contributed by atoms with Crippen LogP contribution >= 0.6 is 0 Å². The first kappa shape index (κ1) is 14.6. The Morgan fingerprint density at radius 2 is 1.57 bits per heavy atom. The van der Waals surface area contributed by atoms with Crippen LogP contribution in [0.5, 0.6) is 0 Å². The van der Waals surface area contributed by atoms with Crippen molar-refractivity contribution in [2.24, 2.45) is 40.4 Å². The highest BCUT2D eigenvalue weighted by Crippen LogP contribution is 2.67. The van der Waals surface area contributed by atoms with Gasteiger partial charge in [0.1, 0.15) is 0 Å². The maximum Gasteiger partial charge on any atom is -0.0266 e. The minimum atomic E-state index is 0.716. The van der Waals surface area contributed by atoms with Crippen molar-refractivity contribution in [3.63, 3.8) is 0 Å². The van der Waals surface area contributed by atoms with Crippen LogP contribution in [-0.4, -0.2) is 0 Å². The second kappa shape index (κ2) is 5.00. The lowest BCUT2D eigenvalue weighted by Crippen LogP contribution is -2.52. The topological polar surface area (TPSA) is 0 Å². The predicted molar refractivity (Wildman–Crippen MR) is 90.1 cm³/mol. The third-order valence-electron chi connectivity index (χ3n) is 9.27. The predicted octanol–water partition coefficient (Wildman–Crippen LogP) is 6.45. The molecule has 0 radical (unpaired) electrons. The summed E-state index contributed by atoms with van der Waals surface area (Å²) in [5.74, 6) is 5.39. The molecule has 0 bridgehead atoms. The fraction of sp³-hybridized carbons (Fsp3) is 1.00. The second-order valence-corrected chi connectivity index (χ2v) is 9.63. The first-order chi connectivity index (χ1) is 10.1. The normalized spacial score (nSPS) is 56.4. The van der Waals surface area contributed by atoms with Crippen LogP contribution in [0.3, 0.4) is 0 Å². The molecule has 0 heteroatoms. The summed E-state index contributed by atoms with van der Waals surface area (Å²) in [7, 11) is 0. The molecule has 0 aromatic rings. The number of hydrogen-bond donors (Lipinski definition) is 0. The Kier molecular flexibility index (Phi) is 3.47. The number of fused-ring (bicyclic) bond motifs is 5. The molecule has 0 nitrogen and oxygen atoms in total. The Morgan fingerprint density at radius 3 is 2.38 bits per heavy atom. The van der Waals surface area contributed by atoms with Gasteiger partial charge in [0.2, 0.25) is 0 Å². The molecule has 4 aliphatic rings. The average molecular weight is 289 g/mol. The van der Waals surface area contributed by atoms with Crippen molar-refractivity contribution in [3.05, 3.63) is 0 Å². The molecule has 0 aliphatic heterocycles. The fourth-order valence-electron chi connectivity index (χ4n) is 8.07. The Bertz CT molecular complexity index is 399. The van der Waals surface area contributed by atoms with E-state index >= 15 is 0 Å². The van der Waals surface area contributed by atoms with E-state index in [-0.39, 0.29) is 0 Å². The Hall–Kier alpha value is 0. The molecule has 4 saturated carbocycles. The molecule has 0 N–H and O–H groups in total. The van der Waals surface area contributed by atoms with Gasteiger partial charge in [-0.05, 0) is 91.8 Å². The van der Waals surface area contributed by atoms with Gasteiger partial charge in [-0.3, -0.25) is 0 Å². The van der Waals surface area contributed by atoms with Crippen LogP contribution in [0.2, 0.25) is 0 Å². The second-order valence-electron chi connectivity index (χ2n) is 9.63. The zero-order chi connectivity index (χ0) is 14.7. The molecule has 0 saturated heterocycles. The molecule has 4 aliphatic carbocycles. The Balaban J connectivity index is 1.62. The van der Waals surface area contributed by atoms with Crippen molar-refractivity contribution in [2.75, 3.05) is 0 Å². The smallest absolute Gasteiger partial charge is 0.0266 e. The molecule has 120 valence electrons. The van der Waals surface area contributed by atoms with E-state index in [0.29, 0.717) is 5.41 Å². The van der Waals surface area contributed by atoms with E-state index in [4.69, 9.17) is 0 Å². The van der Waals surface area contributed by atoms with E-state index in [0.717, 1.165) is 35.0 Å². The third kappa shape index (κ3) is 1.93. The van der Waals surface area contributed by atoms with E-state index in [1.54, 1.807) is 51.4 Å². The summed E-state index contributed by atoms with van der Waals surface area (Å²) in [6.07, 6.45) is 17.0. The Morgan fingerprint density at radius 1 is 0.762 bits per heavy atom. The van der Waals surface area contributed by atoms with Gasteiger partial charge in [0.05, 0.1) is 0 Å². The summed E-state index contributed by atoms with van der Waals surface area (Å²) in [4.78, 5) is 0. The van der Waals surface area contributed by atoms with E-state index in [2.05, 4.69) is 20.8 Å². The van der Waals surface area contributed by atoms with Gasteiger partial charge in [0.15, 0.2) is 0 Å². The van der Waals surface area contributed by atoms with Crippen LogP contribution < -0.4 is 0 Å². The highest BCUT2D eigenvalue weighted by molar-refractivity contribution is 5.08. The third-order valence-corrected chi connectivity index (χ3v) is 9.27.